The van der Waals surface area contributed by atoms with E-state index < -0.39 is 5.97 Å². The maximum atomic E-state index is 12.1. The van der Waals surface area contributed by atoms with Crippen LogP contribution >= 0.6 is 11.8 Å². The summed E-state index contributed by atoms with van der Waals surface area (Å²) in [6, 6.07) is 17.0. The number of anilines is 1. The van der Waals surface area contributed by atoms with Crippen LogP contribution in [0.3, 0.4) is 0 Å². The quantitative estimate of drug-likeness (QED) is 0.578. The molecule has 1 N–H and O–H groups in total. The van der Waals surface area contributed by atoms with Gasteiger partial charge in [0.2, 0.25) is 5.91 Å². The van der Waals surface area contributed by atoms with Crippen molar-refractivity contribution in [3.05, 3.63) is 65.7 Å². The van der Waals surface area contributed by atoms with Crippen molar-refractivity contribution in [2.75, 3.05) is 17.7 Å². The first-order valence-electron chi connectivity index (χ1n) is 7.88. The predicted molar refractivity (Wildman–Crippen MR) is 98.2 cm³/mol. The van der Waals surface area contributed by atoms with Gasteiger partial charge in [-0.3, -0.25) is 4.79 Å². The predicted octanol–water partition coefficient (Wildman–Crippen LogP) is 4.13. The highest BCUT2D eigenvalue weighted by atomic mass is 32.2. The summed E-state index contributed by atoms with van der Waals surface area (Å²) in [5.74, 6) is 1.08. The molecule has 24 heavy (non-hydrogen) atoms. The molecule has 126 valence electrons. The van der Waals surface area contributed by atoms with Crippen LogP contribution in [0.2, 0.25) is 0 Å². The molecule has 4 nitrogen and oxygen atoms in total. The van der Waals surface area contributed by atoms with Crippen molar-refractivity contribution in [2.24, 2.45) is 0 Å². The number of benzene rings is 2. The topological polar surface area (TPSA) is 55.4 Å². The van der Waals surface area contributed by atoms with E-state index in [9.17, 15) is 9.59 Å². The maximum absolute atomic E-state index is 12.1. The molecule has 0 aliphatic heterocycles. The Bertz CT molecular complexity index is 673. The molecule has 0 aliphatic carbocycles. The minimum Gasteiger partial charge on any atom is -0.462 e. The minimum absolute atomic E-state index is 0.104. The van der Waals surface area contributed by atoms with Gasteiger partial charge in [-0.15, -0.1) is 0 Å². The smallest absolute Gasteiger partial charge is 0.340 e. The van der Waals surface area contributed by atoms with Crippen molar-refractivity contribution in [3.8, 4) is 0 Å². The standard InChI is InChI=1S/C19H21NO3S/c1-2-23-19(22)16-10-6-7-11-17(16)20-18(21)12-13-24-14-15-8-4-3-5-9-15/h3-11H,2,12-14H2,1H3,(H,20,21). The van der Waals surface area contributed by atoms with Gasteiger partial charge in [0.25, 0.3) is 0 Å². The first-order valence-corrected chi connectivity index (χ1v) is 9.04. The van der Waals surface area contributed by atoms with E-state index in [0.29, 0.717) is 24.3 Å². The highest BCUT2D eigenvalue weighted by Gasteiger charge is 2.13. The monoisotopic (exact) mass is 343 g/mol. The Morgan fingerprint density at radius 1 is 1.04 bits per heavy atom. The number of rotatable bonds is 8. The van der Waals surface area contributed by atoms with Crippen LogP contribution in [-0.2, 0) is 15.3 Å². The summed E-state index contributed by atoms with van der Waals surface area (Å²) in [4.78, 5) is 24.0. The van der Waals surface area contributed by atoms with E-state index in [1.807, 2.05) is 18.2 Å². The molecule has 0 bridgehead atoms. The number of ether oxygens (including phenoxy) is 1. The Morgan fingerprint density at radius 3 is 2.50 bits per heavy atom. The van der Waals surface area contributed by atoms with Crippen LogP contribution in [0, 0.1) is 0 Å². The molecular weight excluding hydrogens is 322 g/mol. The largest absolute Gasteiger partial charge is 0.462 e. The third kappa shape index (κ3) is 5.74. The van der Waals surface area contributed by atoms with E-state index in [2.05, 4.69) is 17.4 Å². The molecule has 0 saturated carbocycles. The fourth-order valence-electron chi connectivity index (χ4n) is 2.12. The van der Waals surface area contributed by atoms with Gasteiger partial charge in [-0.2, -0.15) is 11.8 Å². The number of para-hydroxylation sites is 1. The van der Waals surface area contributed by atoms with E-state index in [1.54, 1.807) is 43.0 Å². The molecule has 0 spiro atoms. The molecular formula is C19H21NO3S. The molecule has 0 radical (unpaired) electrons. The van der Waals surface area contributed by atoms with Gasteiger partial charge in [0.15, 0.2) is 0 Å². The number of carbonyl (C=O) groups excluding carboxylic acids is 2. The SMILES string of the molecule is CCOC(=O)c1ccccc1NC(=O)CCSCc1ccccc1. The number of amides is 1. The molecule has 0 aromatic heterocycles. The fraction of sp³-hybridized carbons (Fsp3) is 0.263. The molecule has 0 fully saturated rings. The first kappa shape index (κ1) is 18.1. The molecule has 5 heteroatoms. The second-order valence-electron chi connectivity index (χ2n) is 5.10. The van der Waals surface area contributed by atoms with E-state index in [1.165, 1.54) is 5.56 Å². The zero-order valence-electron chi connectivity index (χ0n) is 13.7. The molecule has 2 rings (SSSR count). The van der Waals surface area contributed by atoms with Crippen molar-refractivity contribution in [2.45, 2.75) is 19.1 Å². The minimum atomic E-state index is -0.424. The Balaban J connectivity index is 1.81. The number of thioether (sulfide) groups is 1. The maximum Gasteiger partial charge on any atom is 0.340 e. The molecule has 2 aromatic rings. The highest BCUT2D eigenvalue weighted by Crippen LogP contribution is 2.17. The lowest BCUT2D eigenvalue weighted by Gasteiger charge is -2.10. The number of hydrogen-bond donors (Lipinski definition) is 1. The van der Waals surface area contributed by atoms with Gasteiger partial charge < -0.3 is 10.1 Å². The van der Waals surface area contributed by atoms with Gasteiger partial charge in [-0.05, 0) is 24.6 Å². The third-order valence-corrected chi connectivity index (χ3v) is 4.31. The number of carbonyl (C=O) groups is 2. The lowest BCUT2D eigenvalue weighted by atomic mass is 10.1. The number of esters is 1. The van der Waals surface area contributed by atoms with E-state index in [4.69, 9.17) is 4.74 Å². The van der Waals surface area contributed by atoms with Crippen LogP contribution in [0.5, 0.6) is 0 Å². The lowest BCUT2D eigenvalue weighted by molar-refractivity contribution is -0.115. The summed E-state index contributed by atoms with van der Waals surface area (Å²) in [7, 11) is 0. The van der Waals surface area contributed by atoms with Crippen molar-refractivity contribution in [3.63, 3.8) is 0 Å². The Hall–Kier alpha value is -2.27. The van der Waals surface area contributed by atoms with Gasteiger partial charge in [0, 0.05) is 17.9 Å². The van der Waals surface area contributed by atoms with Crippen LogP contribution in [0.15, 0.2) is 54.6 Å². The van der Waals surface area contributed by atoms with Gasteiger partial charge in [-0.1, -0.05) is 42.5 Å². The first-order chi connectivity index (χ1) is 11.7. The number of nitrogens with one attached hydrogen (secondary N) is 1. The summed E-state index contributed by atoms with van der Waals surface area (Å²) in [5.41, 5.74) is 2.12. The molecule has 0 aliphatic rings. The summed E-state index contributed by atoms with van der Waals surface area (Å²) in [6.07, 6.45) is 0.397. The van der Waals surface area contributed by atoms with Crippen molar-refractivity contribution in [1.29, 1.82) is 0 Å². The Labute approximate surface area is 146 Å². The van der Waals surface area contributed by atoms with Gasteiger partial charge >= 0.3 is 5.97 Å². The summed E-state index contributed by atoms with van der Waals surface area (Å²) >= 11 is 1.71. The Kier molecular flexibility index (Phi) is 7.36. The summed E-state index contributed by atoms with van der Waals surface area (Å²) < 4.78 is 5.00. The molecule has 0 unspecified atom stereocenters. The van der Waals surface area contributed by atoms with Gasteiger partial charge in [-0.25, -0.2) is 4.79 Å². The van der Waals surface area contributed by atoms with Gasteiger partial charge in [0.1, 0.15) is 0 Å². The molecule has 2 aromatic carbocycles. The molecule has 1 amide bonds. The number of hydrogen-bond acceptors (Lipinski definition) is 4. The van der Waals surface area contributed by atoms with Crippen LogP contribution in [0.4, 0.5) is 5.69 Å². The molecule has 0 heterocycles. The van der Waals surface area contributed by atoms with Crippen LogP contribution in [0.25, 0.3) is 0 Å². The van der Waals surface area contributed by atoms with Crippen LogP contribution in [0.1, 0.15) is 29.3 Å². The van der Waals surface area contributed by atoms with Crippen molar-refractivity contribution in [1.82, 2.24) is 0 Å². The van der Waals surface area contributed by atoms with Crippen molar-refractivity contribution < 1.29 is 14.3 Å². The van der Waals surface area contributed by atoms with Crippen LogP contribution in [-0.4, -0.2) is 24.2 Å². The zero-order valence-corrected chi connectivity index (χ0v) is 14.5. The third-order valence-electron chi connectivity index (χ3n) is 3.28. The van der Waals surface area contributed by atoms with Gasteiger partial charge in [0.05, 0.1) is 17.9 Å². The van der Waals surface area contributed by atoms with E-state index in [-0.39, 0.29) is 5.91 Å². The lowest BCUT2D eigenvalue weighted by Crippen LogP contribution is -2.16. The average molecular weight is 343 g/mol. The molecule has 0 saturated heterocycles. The second-order valence-corrected chi connectivity index (χ2v) is 6.21. The zero-order chi connectivity index (χ0) is 17.2. The van der Waals surface area contributed by atoms with Crippen LogP contribution < -0.4 is 5.32 Å². The normalized spacial score (nSPS) is 10.2. The van der Waals surface area contributed by atoms with Crippen molar-refractivity contribution >= 4 is 29.3 Å². The summed E-state index contributed by atoms with van der Waals surface area (Å²) in [6.45, 7) is 2.06. The molecule has 0 atom stereocenters. The van der Waals surface area contributed by atoms with E-state index >= 15 is 0 Å². The average Bonchev–Trinajstić information content (AvgIpc) is 2.60. The van der Waals surface area contributed by atoms with E-state index in [0.717, 1.165) is 11.5 Å². The highest BCUT2D eigenvalue weighted by molar-refractivity contribution is 7.98. The summed E-state index contributed by atoms with van der Waals surface area (Å²) in [5, 5.41) is 2.80. The fourth-order valence-corrected chi connectivity index (χ4v) is 3.02. The Morgan fingerprint density at radius 2 is 1.75 bits per heavy atom. The second kappa shape index (κ2) is 9.78.